The summed E-state index contributed by atoms with van der Waals surface area (Å²) in [6.07, 6.45) is 4.58. The molecule has 6 nitrogen and oxygen atoms in total. The molecule has 144 valence electrons. The number of carbonyl (C=O) groups excluding carboxylic acids is 2. The van der Waals surface area contributed by atoms with Gasteiger partial charge in [-0.1, -0.05) is 45.2 Å². The van der Waals surface area contributed by atoms with Gasteiger partial charge in [0, 0.05) is 11.9 Å². The molecule has 1 aromatic heterocycles. The van der Waals surface area contributed by atoms with Gasteiger partial charge in [0.25, 0.3) is 5.91 Å². The lowest BCUT2D eigenvalue weighted by atomic mass is 9.99. The van der Waals surface area contributed by atoms with E-state index in [1.165, 1.54) is 11.0 Å². The summed E-state index contributed by atoms with van der Waals surface area (Å²) in [5.74, 6) is 0.775. The Balaban J connectivity index is 1.68. The fourth-order valence-corrected chi connectivity index (χ4v) is 3.75. The first-order valence-corrected chi connectivity index (χ1v) is 10.0. The Labute approximate surface area is 164 Å². The number of unbranched alkanes of at least 4 members (excludes halogenated alkanes) is 1. The fraction of sp³-hybridized carbons (Fsp3) is 0.500. The van der Waals surface area contributed by atoms with Crippen LogP contribution in [0.4, 0.5) is 5.82 Å². The molecule has 3 rings (SSSR count). The van der Waals surface area contributed by atoms with Crippen LogP contribution in [0, 0.1) is 10.7 Å². The van der Waals surface area contributed by atoms with Crippen molar-refractivity contribution in [1.29, 1.82) is 0 Å². The Hall–Kier alpha value is -2.28. The van der Waals surface area contributed by atoms with Gasteiger partial charge in [0.05, 0.1) is 11.9 Å². The summed E-state index contributed by atoms with van der Waals surface area (Å²) in [5.41, 5.74) is 0.737. The number of hydrogen-bond acceptors (Lipinski definition) is 5. The summed E-state index contributed by atoms with van der Waals surface area (Å²) in [5, 5.41) is 6.99. The first kappa shape index (κ1) is 19.5. The average Bonchev–Trinajstić information content (AvgIpc) is 2.99. The van der Waals surface area contributed by atoms with Gasteiger partial charge in [0.2, 0.25) is 10.7 Å². The Kier molecular flexibility index (Phi) is 6.21. The number of aromatic nitrogens is 2. The highest BCUT2D eigenvalue weighted by Crippen LogP contribution is 2.28. The lowest BCUT2D eigenvalue weighted by molar-refractivity contribution is -0.121. The van der Waals surface area contributed by atoms with E-state index in [0.29, 0.717) is 18.3 Å². The zero-order valence-corrected chi connectivity index (χ0v) is 16.6. The molecule has 2 aromatic rings. The van der Waals surface area contributed by atoms with E-state index in [4.69, 9.17) is 12.2 Å². The number of carbonyl (C=O) groups is 2. The van der Waals surface area contributed by atoms with Gasteiger partial charge in [-0.3, -0.25) is 9.59 Å². The first-order valence-electron chi connectivity index (χ1n) is 9.64. The van der Waals surface area contributed by atoms with Crippen LogP contribution < -0.4 is 10.6 Å². The first-order chi connectivity index (χ1) is 13.0. The number of nitrogens with one attached hydrogen (secondary N) is 2. The molecule has 27 heavy (non-hydrogen) atoms. The molecule has 0 saturated heterocycles. The van der Waals surface area contributed by atoms with Crippen LogP contribution in [0.3, 0.4) is 0 Å². The van der Waals surface area contributed by atoms with Gasteiger partial charge in [-0.25, -0.2) is 9.55 Å². The highest BCUT2D eigenvalue weighted by molar-refractivity contribution is 7.71. The summed E-state index contributed by atoms with van der Waals surface area (Å²) in [7, 11) is 0. The van der Waals surface area contributed by atoms with Gasteiger partial charge in [0.15, 0.2) is 0 Å². The van der Waals surface area contributed by atoms with Crippen molar-refractivity contribution >= 4 is 40.8 Å². The summed E-state index contributed by atoms with van der Waals surface area (Å²) < 4.78 is 1.63. The molecule has 0 fully saturated rings. The second-order valence-corrected chi connectivity index (χ2v) is 7.42. The molecule has 1 aliphatic heterocycles. The average molecular weight is 387 g/mol. The van der Waals surface area contributed by atoms with E-state index < -0.39 is 6.04 Å². The third-order valence-corrected chi connectivity index (χ3v) is 5.41. The van der Waals surface area contributed by atoms with Crippen LogP contribution in [0.1, 0.15) is 50.7 Å². The van der Waals surface area contributed by atoms with Gasteiger partial charge < -0.3 is 10.6 Å². The van der Waals surface area contributed by atoms with E-state index >= 15 is 0 Å². The molecule has 1 amide bonds. The molecule has 0 radical (unpaired) electrons. The molecule has 1 aromatic carbocycles. The maximum atomic E-state index is 12.7. The van der Waals surface area contributed by atoms with Crippen molar-refractivity contribution in [2.75, 3.05) is 11.9 Å². The van der Waals surface area contributed by atoms with E-state index in [0.717, 1.165) is 30.2 Å². The van der Waals surface area contributed by atoms with Crippen molar-refractivity contribution in [2.45, 2.75) is 52.0 Å². The molecule has 0 aliphatic carbocycles. The minimum absolute atomic E-state index is 0.0911. The molecule has 2 heterocycles. The zero-order valence-electron chi connectivity index (χ0n) is 15.8. The summed E-state index contributed by atoms with van der Waals surface area (Å²) in [6, 6.07) is 6.91. The molecular weight excluding hydrogens is 360 g/mol. The van der Waals surface area contributed by atoms with Crippen LogP contribution in [0.5, 0.6) is 0 Å². The van der Waals surface area contributed by atoms with Gasteiger partial charge in [-0.2, -0.15) is 0 Å². The summed E-state index contributed by atoms with van der Waals surface area (Å²) >= 11 is 5.28. The minimum Gasteiger partial charge on any atom is -0.358 e. The molecule has 0 bridgehead atoms. The number of benzene rings is 1. The van der Waals surface area contributed by atoms with Gasteiger partial charge in [-0.05, 0) is 36.7 Å². The van der Waals surface area contributed by atoms with E-state index in [2.05, 4.69) is 29.5 Å². The van der Waals surface area contributed by atoms with Crippen LogP contribution in [0.15, 0.2) is 24.3 Å². The molecule has 0 unspecified atom stereocenters. The molecule has 2 atom stereocenters. The monoisotopic (exact) mass is 386 g/mol. The van der Waals surface area contributed by atoms with Crippen LogP contribution in [0.25, 0.3) is 10.9 Å². The van der Waals surface area contributed by atoms with Crippen LogP contribution >= 0.6 is 12.2 Å². The number of para-hydroxylation sites is 1. The Morgan fingerprint density at radius 2 is 2.15 bits per heavy atom. The lowest BCUT2D eigenvalue weighted by Gasteiger charge is -2.16. The SMILES string of the molecule is CCCC[C@@H](CC)CNC(=O)C[C@H]1Nc2c3ccccc3nc(=S)n2C1=O. The Bertz CT molecular complexity index is 908. The normalized spacial score (nSPS) is 16.8. The smallest absolute Gasteiger partial charge is 0.257 e. The molecule has 7 heteroatoms. The summed E-state index contributed by atoms with van der Waals surface area (Å²) in [4.78, 5) is 29.5. The number of amides is 1. The molecular formula is C20H26N4O2S. The second-order valence-electron chi connectivity index (χ2n) is 7.06. The number of hydrogen-bond donors (Lipinski definition) is 2. The topological polar surface area (TPSA) is 76.0 Å². The fourth-order valence-electron chi connectivity index (χ4n) is 3.47. The zero-order chi connectivity index (χ0) is 19.4. The van der Waals surface area contributed by atoms with Crippen molar-refractivity contribution in [2.24, 2.45) is 5.92 Å². The highest BCUT2D eigenvalue weighted by atomic mass is 32.1. The van der Waals surface area contributed by atoms with Crippen molar-refractivity contribution in [3.8, 4) is 0 Å². The Morgan fingerprint density at radius 1 is 1.37 bits per heavy atom. The predicted octanol–water partition coefficient (Wildman–Crippen LogP) is 3.92. The van der Waals surface area contributed by atoms with Crippen molar-refractivity contribution in [3.05, 3.63) is 29.0 Å². The van der Waals surface area contributed by atoms with Crippen molar-refractivity contribution < 1.29 is 9.59 Å². The van der Waals surface area contributed by atoms with Gasteiger partial charge in [0.1, 0.15) is 11.9 Å². The minimum atomic E-state index is -0.616. The van der Waals surface area contributed by atoms with E-state index in [1.807, 2.05) is 24.3 Å². The number of fused-ring (bicyclic) bond motifs is 3. The molecule has 0 spiro atoms. The van der Waals surface area contributed by atoms with Crippen LogP contribution in [-0.2, 0) is 4.79 Å². The second kappa shape index (κ2) is 8.61. The number of anilines is 1. The molecule has 1 aliphatic rings. The van der Waals surface area contributed by atoms with Crippen LogP contribution in [0.2, 0.25) is 0 Å². The predicted molar refractivity (Wildman–Crippen MR) is 110 cm³/mol. The molecule has 0 saturated carbocycles. The lowest BCUT2D eigenvalue weighted by Crippen LogP contribution is -2.35. The maximum absolute atomic E-state index is 12.7. The van der Waals surface area contributed by atoms with E-state index in [-0.39, 0.29) is 23.0 Å². The van der Waals surface area contributed by atoms with Crippen molar-refractivity contribution in [1.82, 2.24) is 14.9 Å². The van der Waals surface area contributed by atoms with Crippen LogP contribution in [-0.4, -0.2) is 34.0 Å². The van der Waals surface area contributed by atoms with Crippen molar-refractivity contribution in [3.63, 3.8) is 0 Å². The number of rotatable bonds is 8. The van der Waals surface area contributed by atoms with Gasteiger partial charge >= 0.3 is 0 Å². The maximum Gasteiger partial charge on any atom is 0.257 e. The third-order valence-electron chi connectivity index (χ3n) is 5.14. The Morgan fingerprint density at radius 3 is 2.89 bits per heavy atom. The van der Waals surface area contributed by atoms with Gasteiger partial charge in [-0.15, -0.1) is 0 Å². The molecule has 2 N–H and O–H groups in total. The highest BCUT2D eigenvalue weighted by Gasteiger charge is 2.33. The number of nitrogens with zero attached hydrogens (tertiary/aromatic N) is 2. The third kappa shape index (κ3) is 4.18. The summed E-state index contributed by atoms with van der Waals surface area (Å²) in [6.45, 7) is 4.97. The van der Waals surface area contributed by atoms with E-state index in [9.17, 15) is 9.59 Å². The largest absolute Gasteiger partial charge is 0.358 e. The quantitative estimate of drug-likeness (QED) is 0.673. The van der Waals surface area contributed by atoms with E-state index in [1.54, 1.807) is 0 Å². The standard InChI is InChI=1S/C20H26N4O2S/c1-3-5-8-13(4-2)12-21-17(25)11-16-19(26)24-18(22-16)14-9-6-7-10-15(14)23-20(24)27/h6-7,9-10,13,16,22H,3-5,8,11-12H2,1-2H3,(H,21,25)/t13-,16-/m1/s1.